The molecule has 21 heavy (non-hydrogen) atoms. The Balaban J connectivity index is 1.40. The maximum absolute atomic E-state index is 4.31. The first-order valence-corrected chi connectivity index (χ1v) is 9.43. The number of aromatic nitrogens is 3. The Morgan fingerprint density at radius 2 is 2.14 bits per heavy atom. The van der Waals surface area contributed by atoms with Crippen molar-refractivity contribution in [3.8, 4) is 0 Å². The molecule has 118 valence electrons. The third-order valence-electron chi connectivity index (χ3n) is 4.74. The summed E-state index contributed by atoms with van der Waals surface area (Å²) < 4.78 is 2.06. The zero-order valence-electron chi connectivity index (χ0n) is 13.3. The number of rotatable bonds is 6. The average Bonchev–Trinajstić information content (AvgIpc) is 3.08. The number of thioether (sulfide) groups is 1. The van der Waals surface area contributed by atoms with Crippen LogP contribution < -0.4 is 5.32 Å². The fourth-order valence-corrected chi connectivity index (χ4v) is 5.41. The molecule has 2 heterocycles. The van der Waals surface area contributed by atoms with Crippen molar-refractivity contribution in [1.29, 1.82) is 0 Å². The zero-order chi connectivity index (χ0) is 14.7. The van der Waals surface area contributed by atoms with Crippen molar-refractivity contribution in [1.82, 2.24) is 20.1 Å². The van der Waals surface area contributed by atoms with Gasteiger partial charge >= 0.3 is 0 Å². The fourth-order valence-electron chi connectivity index (χ4n) is 3.75. The second-order valence-corrected chi connectivity index (χ2v) is 8.49. The van der Waals surface area contributed by atoms with E-state index in [1.165, 1.54) is 38.5 Å². The monoisotopic (exact) mass is 308 g/mol. The van der Waals surface area contributed by atoms with E-state index in [1.807, 2.05) is 0 Å². The number of hydrogen-bond acceptors (Lipinski definition) is 4. The predicted molar refractivity (Wildman–Crippen MR) is 88.7 cm³/mol. The molecule has 1 fully saturated rings. The minimum absolute atomic E-state index is 0.554. The highest BCUT2D eigenvalue weighted by molar-refractivity contribution is 8.00. The van der Waals surface area contributed by atoms with E-state index in [0.29, 0.717) is 12.1 Å². The van der Waals surface area contributed by atoms with Crippen molar-refractivity contribution in [2.75, 3.05) is 0 Å². The SMILES string of the molecule is CC(CC(C)SC1CCCC1)NC1CCc2ncnn2C1. The van der Waals surface area contributed by atoms with Gasteiger partial charge in [-0.15, -0.1) is 0 Å². The van der Waals surface area contributed by atoms with Gasteiger partial charge in [-0.05, 0) is 32.6 Å². The molecule has 1 aliphatic heterocycles. The van der Waals surface area contributed by atoms with E-state index in [4.69, 9.17) is 0 Å². The van der Waals surface area contributed by atoms with Gasteiger partial charge in [-0.25, -0.2) is 9.67 Å². The molecule has 1 aliphatic carbocycles. The summed E-state index contributed by atoms with van der Waals surface area (Å²) in [5.74, 6) is 1.14. The second-order valence-electron chi connectivity index (χ2n) is 6.75. The standard InChI is InChI=1S/C16H28N4S/c1-12(9-13(2)21-15-5-3-4-6-15)19-14-7-8-16-17-11-18-20(16)10-14/h11-15,19H,3-10H2,1-2H3. The average molecular weight is 308 g/mol. The van der Waals surface area contributed by atoms with E-state index in [0.717, 1.165) is 29.3 Å². The lowest BCUT2D eigenvalue weighted by Crippen LogP contribution is -2.43. The highest BCUT2D eigenvalue weighted by atomic mass is 32.2. The molecular weight excluding hydrogens is 280 g/mol. The molecule has 1 saturated carbocycles. The van der Waals surface area contributed by atoms with Crippen LogP contribution in [0.3, 0.4) is 0 Å². The molecule has 0 bridgehead atoms. The van der Waals surface area contributed by atoms with Crippen LogP contribution in [0.25, 0.3) is 0 Å². The third-order valence-corrected chi connectivity index (χ3v) is 6.25. The van der Waals surface area contributed by atoms with Gasteiger partial charge in [0.15, 0.2) is 0 Å². The lowest BCUT2D eigenvalue weighted by Gasteiger charge is -2.28. The molecule has 0 aromatic carbocycles. The van der Waals surface area contributed by atoms with Crippen LogP contribution in [0.4, 0.5) is 0 Å². The van der Waals surface area contributed by atoms with Gasteiger partial charge in [0.2, 0.25) is 0 Å². The Morgan fingerprint density at radius 3 is 2.95 bits per heavy atom. The first kappa shape index (κ1) is 15.3. The first-order chi connectivity index (χ1) is 10.2. The molecule has 1 aromatic rings. The Kier molecular flexibility index (Phi) is 5.22. The molecule has 5 heteroatoms. The van der Waals surface area contributed by atoms with Crippen molar-refractivity contribution in [3.05, 3.63) is 12.2 Å². The smallest absolute Gasteiger partial charge is 0.138 e. The summed E-state index contributed by atoms with van der Waals surface area (Å²) in [6, 6.07) is 1.14. The van der Waals surface area contributed by atoms with Crippen molar-refractivity contribution in [2.45, 2.75) is 87.9 Å². The van der Waals surface area contributed by atoms with Gasteiger partial charge in [0.05, 0.1) is 6.54 Å². The highest BCUT2D eigenvalue weighted by Gasteiger charge is 2.23. The van der Waals surface area contributed by atoms with Gasteiger partial charge in [0.25, 0.3) is 0 Å². The lowest BCUT2D eigenvalue weighted by atomic mass is 10.1. The van der Waals surface area contributed by atoms with Crippen molar-refractivity contribution >= 4 is 11.8 Å². The molecule has 2 aliphatic rings. The van der Waals surface area contributed by atoms with E-state index in [-0.39, 0.29) is 0 Å². The largest absolute Gasteiger partial charge is 0.310 e. The summed E-state index contributed by atoms with van der Waals surface area (Å²) in [6.45, 7) is 5.71. The minimum Gasteiger partial charge on any atom is -0.310 e. The number of fused-ring (bicyclic) bond motifs is 1. The Morgan fingerprint density at radius 1 is 1.33 bits per heavy atom. The molecule has 0 spiro atoms. The van der Waals surface area contributed by atoms with Gasteiger partial charge in [0.1, 0.15) is 12.2 Å². The van der Waals surface area contributed by atoms with Crippen LogP contribution in [0.5, 0.6) is 0 Å². The second kappa shape index (κ2) is 7.14. The van der Waals surface area contributed by atoms with Crippen molar-refractivity contribution in [2.24, 2.45) is 0 Å². The van der Waals surface area contributed by atoms with Crippen molar-refractivity contribution in [3.63, 3.8) is 0 Å². The molecule has 3 atom stereocenters. The molecule has 3 unspecified atom stereocenters. The summed E-state index contributed by atoms with van der Waals surface area (Å²) in [5.41, 5.74) is 0. The van der Waals surface area contributed by atoms with E-state index in [9.17, 15) is 0 Å². The Hall–Kier alpha value is -0.550. The first-order valence-electron chi connectivity index (χ1n) is 8.49. The molecule has 0 amide bonds. The molecule has 1 N–H and O–H groups in total. The van der Waals surface area contributed by atoms with Crippen LogP contribution in [-0.4, -0.2) is 37.3 Å². The number of aryl methyl sites for hydroxylation is 1. The molecular formula is C16H28N4S. The summed E-state index contributed by atoms with van der Waals surface area (Å²) in [7, 11) is 0. The Bertz CT molecular complexity index is 441. The minimum atomic E-state index is 0.554. The van der Waals surface area contributed by atoms with E-state index in [2.05, 4.69) is 45.7 Å². The van der Waals surface area contributed by atoms with E-state index in [1.54, 1.807) is 6.33 Å². The molecule has 3 rings (SSSR count). The van der Waals surface area contributed by atoms with Gasteiger partial charge in [-0.2, -0.15) is 16.9 Å². The van der Waals surface area contributed by atoms with Crippen LogP contribution in [0.2, 0.25) is 0 Å². The summed E-state index contributed by atoms with van der Waals surface area (Å²) in [5, 5.41) is 9.80. The Labute approximate surface area is 132 Å². The maximum Gasteiger partial charge on any atom is 0.138 e. The fraction of sp³-hybridized carbons (Fsp3) is 0.875. The third kappa shape index (κ3) is 4.22. The zero-order valence-corrected chi connectivity index (χ0v) is 14.1. The van der Waals surface area contributed by atoms with Crippen LogP contribution in [0.1, 0.15) is 58.2 Å². The van der Waals surface area contributed by atoms with Gasteiger partial charge in [0, 0.05) is 29.0 Å². The predicted octanol–water partition coefficient (Wildman–Crippen LogP) is 3.03. The number of hydrogen-bond donors (Lipinski definition) is 1. The molecule has 4 nitrogen and oxygen atoms in total. The topological polar surface area (TPSA) is 42.7 Å². The molecule has 1 aromatic heterocycles. The van der Waals surface area contributed by atoms with E-state index >= 15 is 0 Å². The normalized spacial score (nSPS) is 25.7. The number of nitrogens with one attached hydrogen (secondary N) is 1. The van der Waals surface area contributed by atoms with E-state index < -0.39 is 0 Å². The summed E-state index contributed by atoms with van der Waals surface area (Å²) in [6.07, 6.45) is 11.0. The lowest BCUT2D eigenvalue weighted by molar-refractivity contribution is 0.326. The van der Waals surface area contributed by atoms with Gasteiger partial charge in [-0.3, -0.25) is 0 Å². The quantitative estimate of drug-likeness (QED) is 0.877. The maximum atomic E-state index is 4.31. The summed E-state index contributed by atoms with van der Waals surface area (Å²) >= 11 is 2.22. The van der Waals surface area contributed by atoms with Gasteiger partial charge in [-0.1, -0.05) is 19.8 Å². The molecule has 0 saturated heterocycles. The highest BCUT2D eigenvalue weighted by Crippen LogP contribution is 2.33. The van der Waals surface area contributed by atoms with Crippen LogP contribution in [-0.2, 0) is 13.0 Å². The van der Waals surface area contributed by atoms with Crippen molar-refractivity contribution < 1.29 is 0 Å². The number of nitrogens with zero attached hydrogens (tertiary/aromatic N) is 3. The van der Waals surface area contributed by atoms with Crippen LogP contribution >= 0.6 is 11.8 Å². The van der Waals surface area contributed by atoms with Gasteiger partial charge < -0.3 is 5.32 Å². The van der Waals surface area contributed by atoms with Crippen LogP contribution in [0, 0.1) is 0 Å². The summed E-state index contributed by atoms with van der Waals surface area (Å²) in [4.78, 5) is 4.30. The van der Waals surface area contributed by atoms with Crippen LogP contribution in [0.15, 0.2) is 6.33 Å². The molecule has 0 radical (unpaired) electrons.